The summed E-state index contributed by atoms with van der Waals surface area (Å²) in [5.41, 5.74) is -24.9. The molecule has 6 N–H and O–H groups in total. The number of hydrogen-bond acceptors (Lipinski definition) is 11. The van der Waals surface area contributed by atoms with Gasteiger partial charge in [-0.25, -0.2) is 0 Å². The molecule has 0 radical (unpaired) electrons. The number of benzene rings is 5. The van der Waals surface area contributed by atoms with Crippen LogP contribution in [0.4, 0.5) is 0 Å². The van der Waals surface area contributed by atoms with Crippen molar-refractivity contribution in [3.05, 3.63) is 179 Å². The van der Waals surface area contributed by atoms with Crippen LogP contribution in [-0.2, 0) is 0 Å². The van der Waals surface area contributed by atoms with E-state index in [0.717, 1.165) is 60.7 Å². The lowest BCUT2D eigenvalue weighted by atomic mass is 9.43. The van der Waals surface area contributed by atoms with Gasteiger partial charge < -0.3 is 30.6 Å². The van der Waals surface area contributed by atoms with Gasteiger partial charge in [-0.1, -0.05) is 152 Å². The molecule has 0 aliphatic heterocycles. The van der Waals surface area contributed by atoms with Crippen LogP contribution in [0.5, 0.6) is 0 Å². The minimum Gasteiger partial charge on any atom is -0.386 e. The van der Waals surface area contributed by atoms with Crippen molar-refractivity contribution < 1.29 is 54.6 Å². The molecule has 262 valence electrons. The van der Waals surface area contributed by atoms with Crippen LogP contribution in [0, 0.1) is 0 Å². The van der Waals surface area contributed by atoms with Gasteiger partial charge in [-0.15, -0.1) is 0 Å². The largest absolute Gasteiger partial charge is 0.386 e. The summed E-state index contributed by atoms with van der Waals surface area (Å²) in [7, 11) is 0. The van der Waals surface area contributed by atoms with Crippen molar-refractivity contribution in [2.45, 2.75) is 34.1 Å². The van der Waals surface area contributed by atoms with Gasteiger partial charge in [0.05, 0.1) is 0 Å². The molecule has 11 nitrogen and oxygen atoms in total. The van der Waals surface area contributed by atoms with Gasteiger partial charge in [0.1, 0.15) is 6.10 Å². The van der Waals surface area contributed by atoms with Crippen LogP contribution in [0.3, 0.4) is 0 Å². The summed E-state index contributed by atoms with van der Waals surface area (Å²) < 4.78 is 0. The fraction of sp³-hybridized carbons (Fsp3) is 0.146. The van der Waals surface area contributed by atoms with Crippen LogP contribution in [-0.4, -0.2) is 93.7 Å². The topological polar surface area (TPSA) is 207 Å². The molecule has 0 bridgehead atoms. The van der Waals surface area contributed by atoms with Crippen molar-refractivity contribution in [1.29, 1.82) is 0 Å². The molecule has 0 spiro atoms. The second-order valence-corrected chi connectivity index (χ2v) is 12.5. The van der Waals surface area contributed by atoms with Gasteiger partial charge in [0.25, 0.3) is 0 Å². The van der Waals surface area contributed by atoms with Gasteiger partial charge in [0.2, 0.25) is 45.7 Å². The van der Waals surface area contributed by atoms with Crippen LogP contribution >= 0.6 is 0 Å². The first-order valence-electron chi connectivity index (χ1n) is 16.0. The Kier molecular flexibility index (Phi) is 9.06. The molecule has 1 saturated carbocycles. The number of carbonyl (C=O) groups excluding carboxylic acids is 5. The number of rotatable bonds is 10. The highest BCUT2D eigenvalue weighted by molar-refractivity contribution is 6.25. The monoisotopic (exact) mass is 700 g/mol. The Hall–Kier alpha value is -5.79. The Morgan fingerprint density at radius 1 is 0.327 bits per heavy atom. The van der Waals surface area contributed by atoms with Crippen LogP contribution < -0.4 is 0 Å². The van der Waals surface area contributed by atoms with E-state index in [1.807, 2.05) is 0 Å². The lowest BCUT2D eigenvalue weighted by molar-refractivity contribution is -0.335. The molecule has 1 fully saturated rings. The van der Waals surface area contributed by atoms with Crippen molar-refractivity contribution in [1.82, 2.24) is 0 Å². The predicted molar refractivity (Wildman–Crippen MR) is 185 cm³/mol. The molecule has 0 amide bonds. The third-order valence-corrected chi connectivity index (χ3v) is 9.80. The van der Waals surface area contributed by atoms with E-state index in [1.165, 1.54) is 91.0 Å². The zero-order valence-electron chi connectivity index (χ0n) is 27.2. The summed E-state index contributed by atoms with van der Waals surface area (Å²) in [6, 6.07) is 31.0. The van der Waals surface area contributed by atoms with Crippen molar-refractivity contribution in [3.8, 4) is 0 Å². The van der Waals surface area contributed by atoms with Crippen molar-refractivity contribution in [2.24, 2.45) is 0 Å². The van der Waals surface area contributed by atoms with Crippen LogP contribution in [0.1, 0.15) is 51.8 Å². The molecule has 5 aromatic carbocycles. The summed E-state index contributed by atoms with van der Waals surface area (Å²) in [5, 5.41) is 77.5. The molecular weight excluding hydrogens is 668 g/mol. The van der Waals surface area contributed by atoms with Gasteiger partial charge in [0, 0.05) is 27.8 Å². The second kappa shape index (κ2) is 13.1. The summed E-state index contributed by atoms with van der Waals surface area (Å²) in [6.07, 6.45) is -3.51. The molecule has 0 heterocycles. The van der Waals surface area contributed by atoms with Gasteiger partial charge in [0.15, 0.2) is 11.2 Å². The number of carbonyl (C=O) groups is 5. The molecule has 1 aliphatic carbocycles. The van der Waals surface area contributed by atoms with E-state index < -0.39 is 90.8 Å². The zero-order valence-corrected chi connectivity index (χ0v) is 27.2. The Bertz CT molecular complexity index is 2030. The average molecular weight is 701 g/mol. The molecule has 6 atom stereocenters. The Morgan fingerprint density at radius 3 is 0.750 bits per heavy atom. The van der Waals surface area contributed by atoms with Crippen LogP contribution in [0.15, 0.2) is 152 Å². The summed E-state index contributed by atoms with van der Waals surface area (Å²) >= 11 is 0. The molecule has 2 unspecified atom stereocenters. The summed E-state index contributed by atoms with van der Waals surface area (Å²) in [4.78, 5) is 74.2. The van der Waals surface area contributed by atoms with Crippen LogP contribution in [0.2, 0.25) is 0 Å². The van der Waals surface area contributed by atoms with Crippen molar-refractivity contribution in [3.63, 3.8) is 0 Å². The Labute approximate surface area is 296 Å². The zero-order chi connectivity index (χ0) is 37.5. The highest BCUT2D eigenvalue weighted by Gasteiger charge is 2.92. The number of aliphatic hydroxyl groups is 6. The van der Waals surface area contributed by atoms with E-state index in [0.29, 0.717) is 0 Å². The maximum Gasteiger partial charge on any atom is 0.207 e. The van der Waals surface area contributed by atoms with E-state index in [1.54, 1.807) is 0 Å². The van der Waals surface area contributed by atoms with E-state index in [2.05, 4.69) is 0 Å². The quantitative estimate of drug-likeness (QED) is 0.117. The van der Waals surface area contributed by atoms with Crippen molar-refractivity contribution in [2.75, 3.05) is 0 Å². The molecule has 5 aromatic rings. The van der Waals surface area contributed by atoms with Crippen molar-refractivity contribution >= 4 is 28.9 Å². The Balaban J connectivity index is 1.85. The van der Waals surface area contributed by atoms with Gasteiger partial charge >= 0.3 is 0 Å². The van der Waals surface area contributed by atoms with E-state index in [-0.39, 0.29) is 0 Å². The number of ketones is 5. The third-order valence-electron chi connectivity index (χ3n) is 9.80. The third kappa shape index (κ3) is 4.72. The minimum atomic E-state index is -4.56. The molecule has 1 aliphatic rings. The number of aliphatic hydroxyl groups excluding tert-OH is 1. The van der Waals surface area contributed by atoms with E-state index in [4.69, 9.17) is 0 Å². The van der Waals surface area contributed by atoms with E-state index in [9.17, 15) is 49.8 Å². The predicted octanol–water partition coefficient (Wildman–Crippen LogP) is 2.43. The smallest absolute Gasteiger partial charge is 0.207 e. The molecular formula is C41H32O11. The first-order valence-corrected chi connectivity index (χ1v) is 16.0. The Morgan fingerprint density at radius 2 is 0.519 bits per heavy atom. The van der Waals surface area contributed by atoms with Gasteiger partial charge in [-0.05, 0) is 0 Å². The van der Waals surface area contributed by atoms with Crippen LogP contribution in [0.25, 0.3) is 0 Å². The summed E-state index contributed by atoms with van der Waals surface area (Å²) in [6.45, 7) is 0. The highest BCUT2D eigenvalue weighted by Crippen LogP contribution is 2.58. The summed E-state index contributed by atoms with van der Waals surface area (Å²) in [5.74, 6) is -9.07. The van der Waals surface area contributed by atoms with Gasteiger partial charge in [-0.3, -0.25) is 24.0 Å². The normalized spacial score (nSPS) is 28.4. The maximum atomic E-state index is 15.0. The lowest BCUT2D eigenvalue weighted by Gasteiger charge is -2.65. The fourth-order valence-corrected chi connectivity index (χ4v) is 7.11. The maximum absolute atomic E-state index is 15.0. The highest BCUT2D eigenvalue weighted by atomic mass is 16.5. The second-order valence-electron chi connectivity index (χ2n) is 12.5. The molecule has 6 rings (SSSR count). The molecule has 0 saturated heterocycles. The first-order chi connectivity index (χ1) is 24.7. The fourth-order valence-electron chi connectivity index (χ4n) is 7.11. The first kappa shape index (κ1) is 36.0. The minimum absolute atomic E-state index is 0.535. The van der Waals surface area contributed by atoms with E-state index >= 15 is 4.79 Å². The molecule has 52 heavy (non-hydrogen) atoms. The molecule has 11 heteroatoms. The lowest BCUT2D eigenvalue weighted by Crippen LogP contribution is -2.98. The standard InChI is InChI=1S/C41H32O11/c42-31(26-16-6-1-7-17-26)37(48)36(47)38(49,32(43)27-18-8-2-9-19-27)40(51,34(45)29-22-12-4-13-23-29)41(52,35(46)30-24-14-5-15-25-30)39(37,50)33(44)28-20-10-3-11-21-28/h1-25,36,47-52H/t36?,37-,38+,39+,40-,41?. The molecule has 0 aromatic heterocycles. The van der Waals surface area contributed by atoms with Gasteiger partial charge in [-0.2, -0.15) is 0 Å². The average Bonchev–Trinajstić information content (AvgIpc) is 3.21. The SMILES string of the molecule is O=C(c1ccccc1)C1(O)[C@](O)(C(=O)c2ccccc2)[C@@](O)(C(=O)c2ccccc2)C(O)[C@@](O)(C(=O)c2ccccc2)[C@]1(O)C(=O)c1ccccc1. The number of Topliss-reactive ketones (excluding diaryl/α,β-unsaturated/α-hetero) is 5. The number of hydrogen-bond donors (Lipinski definition) is 6.